The van der Waals surface area contributed by atoms with Gasteiger partial charge in [-0.05, 0) is 31.0 Å². The number of nitrogens with two attached hydrogens (primary N) is 1. The Balaban J connectivity index is 2.98. The van der Waals surface area contributed by atoms with Crippen LogP contribution in [-0.4, -0.2) is 13.2 Å². The molecule has 0 aliphatic heterocycles. The van der Waals surface area contributed by atoms with Crippen molar-refractivity contribution < 1.29 is 9.13 Å². The molecule has 0 amide bonds. The van der Waals surface area contributed by atoms with Crippen LogP contribution >= 0.6 is 0 Å². The van der Waals surface area contributed by atoms with Gasteiger partial charge in [0.05, 0.1) is 6.61 Å². The summed E-state index contributed by atoms with van der Waals surface area (Å²) < 4.78 is 19.5. The summed E-state index contributed by atoms with van der Waals surface area (Å²) in [6, 6.07) is 7.08. The Hall–Kier alpha value is -1.09. The second-order valence-corrected chi connectivity index (χ2v) is 3.48. The molecule has 0 radical (unpaired) electrons. The van der Waals surface area contributed by atoms with E-state index in [2.05, 4.69) is 0 Å². The van der Waals surface area contributed by atoms with Gasteiger partial charge in [-0.2, -0.15) is 0 Å². The topological polar surface area (TPSA) is 35.2 Å². The molecular weight excluding hydrogens is 193 g/mol. The van der Waals surface area contributed by atoms with Crippen LogP contribution in [0.1, 0.15) is 25.8 Å². The van der Waals surface area contributed by atoms with Crippen LogP contribution in [0.4, 0.5) is 4.39 Å². The maximum absolute atomic E-state index is 14.2. The monoisotopic (exact) mass is 211 g/mol. The second kappa shape index (κ2) is 5.12. The predicted molar refractivity (Wildman–Crippen MR) is 59.7 cm³/mol. The van der Waals surface area contributed by atoms with Crippen LogP contribution in [0.5, 0.6) is 5.75 Å². The number of halogens is 1. The fourth-order valence-electron chi connectivity index (χ4n) is 1.50. The summed E-state index contributed by atoms with van der Waals surface area (Å²) in [6.45, 7) is 4.27. The van der Waals surface area contributed by atoms with E-state index in [0.29, 0.717) is 24.3 Å². The first-order chi connectivity index (χ1) is 7.16. The SMILES string of the molecule is CCOc1cccc(C(F)(CC)CN)c1. The summed E-state index contributed by atoms with van der Waals surface area (Å²) in [6.07, 6.45) is 0.374. The standard InChI is InChI=1S/C12H18FNO/c1-3-12(13,9-14)10-6-5-7-11(8-10)15-4-2/h5-8H,3-4,9,14H2,1-2H3. The van der Waals surface area contributed by atoms with Crippen molar-refractivity contribution in [3.8, 4) is 5.75 Å². The highest BCUT2D eigenvalue weighted by atomic mass is 19.1. The van der Waals surface area contributed by atoms with E-state index in [0.717, 1.165) is 0 Å². The van der Waals surface area contributed by atoms with Gasteiger partial charge in [0, 0.05) is 6.54 Å². The third-order valence-electron chi connectivity index (χ3n) is 2.55. The minimum Gasteiger partial charge on any atom is -0.494 e. The molecule has 0 aliphatic rings. The van der Waals surface area contributed by atoms with Gasteiger partial charge in [0.25, 0.3) is 0 Å². The van der Waals surface area contributed by atoms with Crippen molar-refractivity contribution in [2.45, 2.75) is 25.9 Å². The molecule has 0 bridgehead atoms. The van der Waals surface area contributed by atoms with Crippen LogP contribution in [-0.2, 0) is 5.67 Å². The van der Waals surface area contributed by atoms with Gasteiger partial charge in [0.1, 0.15) is 11.4 Å². The van der Waals surface area contributed by atoms with Crippen molar-refractivity contribution in [3.63, 3.8) is 0 Å². The van der Waals surface area contributed by atoms with Crippen LogP contribution in [0.15, 0.2) is 24.3 Å². The Morgan fingerprint density at radius 1 is 1.40 bits per heavy atom. The zero-order valence-electron chi connectivity index (χ0n) is 9.29. The lowest BCUT2D eigenvalue weighted by molar-refractivity contribution is 0.168. The molecule has 3 heteroatoms. The molecule has 1 rings (SSSR count). The van der Waals surface area contributed by atoms with Gasteiger partial charge < -0.3 is 10.5 Å². The lowest BCUT2D eigenvalue weighted by Gasteiger charge is -2.22. The molecule has 15 heavy (non-hydrogen) atoms. The predicted octanol–water partition coefficient (Wildman–Crippen LogP) is 2.62. The van der Waals surface area contributed by atoms with Crippen molar-refractivity contribution in [2.75, 3.05) is 13.2 Å². The molecule has 0 aromatic heterocycles. The van der Waals surface area contributed by atoms with Gasteiger partial charge in [-0.25, -0.2) is 4.39 Å². The van der Waals surface area contributed by atoms with Gasteiger partial charge in [-0.3, -0.25) is 0 Å². The maximum Gasteiger partial charge on any atom is 0.148 e. The quantitative estimate of drug-likeness (QED) is 0.812. The van der Waals surface area contributed by atoms with E-state index in [1.807, 2.05) is 13.0 Å². The maximum atomic E-state index is 14.2. The zero-order valence-corrected chi connectivity index (χ0v) is 9.29. The molecule has 1 unspecified atom stereocenters. The molecule has 0 fully saturated rings. The second-order valence-electron chi connectivity index (χ2n) is 3.48. The van der Waals surface area contributed by atoms with Crippen molar-refractivity contribution in [1.29, 1.82) is 0 Å². The summed E-state index contributed by atoms with van der Waals surface area (Å²) in [5.74, 6) is 0.693. The van der Waals surface area contributed by atoms with Crippen LogP contribution in [0, 0.1) is 0 Å². The number of ether oxygens (including phenoxy) is 1. The Morgan fingerprint density at radius 3 is 2.67 bits per heavy atom. The number of rotatable bonds is 5. The number of alkyl halides is 1. The number of hydrogen-bond donors (Lipinski definition) is 1. The zero-order chi connectivity index (χ0) is 11.3. The van der Waals surface area contributed by atoms with Gasteiger partial charge >= 0.3 is 0 Å². The summed E-state index contributed by atoms with van der Waals surface area (Å²) in [7, 11) is 0. The molecule has 0 aliphatic carbocycles. The first-order valence-electron chi connectivity index (χ1n) is 5.28. The Bertz CT molecular complexity index is 310. The molecule has 1 aromatic carbocycles. The molecule has 2 N–H and O–H groups in total. The lowest BCUT2D eigenvalue weighted by atomic mass is 9.93. The van der Waals surface area contributed by atoms with E-state index in [1.165, 1.54) is 0 Å². The van der Waals surface area contributed by atoms with Crippen molar-refractivity contribution in [2.24, 2.45) is 5.73 Å². The highest BCUT2D eigenvalue weighted by Gasteiger charge is 2.28. The Labute approximate surface area is 90.2 Å². The molecule has 1 atom stereocenters. The first-order valence-corrected chi connectivity index (χ1v) is 5.28. The van der Waals surface area contributed by atoms with Crippen LogP contribution in [0.2, 0.25) is 0 Å². The Kier molecular flexibility index (Phi) is 4.09. The highest BCUT2D eigenvalue weighted by molar-refractivity contribution is 5.32. The van der Waals surface area contributed by atoms with E-state index in [-0.39, 0.29) is 6.54 Å². The summed E-state index contributed by atoms with van der Waals surface area (Å²) in [4.78, 5) is 0. The van der Waals surface area contributed by atoms with Gasteiger partial charge in [-0.1, -0.05) is 19.1 Å². The average molecular weight is 211 g/mol. The van der Waals surface area contributed by atoms with Crippen LogP contribution in [0.25, 0.3) is 0 Å². The fraction of sp³-hybridized carbons (Fsp3) is 0.500. The molecule has 84 valence electrons. The normalized spacial score (nSPS) is 14.7. The van der Waals surface area contributed by atoms with E-state index in [1.54, 1.807) is 25.1 Å². The van der Waals surface area contributed by atoms with Gasteiger partial charge in [-0.15, -0.1) is 0 Å². The van der Waals surface area contributed by atoms with Crippen molar-refractivity contribution in [1.82, 2.24) is 0 Å². The Morgan fingerprint density at radius 2 is 2.13 bits per heavy atom. The van der Waals surface area contributed by atoms with E-state index < -0.39 is 5.67 Å². The largest absolute Gasteiger partial charge is 0.494 e. The molecule has 0 spiro atoms. The minimum absolute atomic E-state index is 0.000914. The molecule has 0 saturated carbocycles. The highest BCUT2D eigenvalue weighted by Crippen LogP contribution is 2.30. The van der Waals surface area contributed by atoms with Crippen LogP contribution in [0.3, 0.4) is 0 Å². The summed E-state index contributed by atoms with van der Waals surface area (Å²) in [5, 5.41) is 0. The molecule has 0 saturated heterocycles. The molecule has 2 nitrogen and oxygen atoms in total. The summed E-state index contributed by atoms with van der Waals surface area (Å²) in [5.41, 5.74) is 4.62. The smallest absolute Gasteiger partial charge is 0.148 e. The minimum atomic E-state index is -1.44. The third kappa shape index (κ3) is 2.69. The summed E-state index contributed by atoms with van der Waals surface area (Å²) >= 11 is 0. The number of hydrogen-bond acceptors (Lipinski definition) is 2. The van der Waals surface area contributed by atoms with Crippen molar-refractivity contribution in [3.05, 3.63) is 29.8 Å². The van der Waals surface area contributed by atoms with Gasteiger partial charge in [0.15, 0.2) is 0 Å². The average Bonchev–Trinajstić information content (AvgIpc) is 2.29. The molecular formula is C12H18FNO. The van der Waals surface area contributed by atoms with E-state index in [9.17, 15) is 4.39 Å². The van der Waals surface area contributed by atoms with E-state index >= 15 is 0 Å². The third-order valence-corrected chi connectivity index (χ3v) is 2.55. The number of benzene rings is 1. The lowest BCUT2D eigenvalue weighted by Crippen LogP contribution is -2.29. The van der Waals surface area contributed by atoms with Crippen LogP contribution < -0.4 is 10.5 Å². The van der Waals surface area contributed by atoms with Gasteiger partial charge in [0.2, 0.25) is 0 Å². The molecule has 0 heterocycles. The first kappa shape index (κ1) is 12.0. The van der Waals surface area contributed by atoms with Crippen molar-refractivity contribution >= 4 is 0 Å². The fourth-order valence-corrected chi connectivity index (χ4v) is 1.50. The van der Waals surface area contributed by atoms with E-state index in [4.69, 9.17) is 10.5 Å². The molecule has 1 aromatic rings.